The number of rotatable bonds is 4. The standard InChI is InChI=1S/C15H21ClN2S/c1-2-11-5-7-18(8-6-11)10-13-4-3-12(15(17)19)9-14(13)16/h3-4,9,11H,2,5-8,10H2,1H3,(H2,17,19). The summed E-state index contributed by atoms with van der Waals surface area (Å²) in [5.41, 5.74) is 7.61. The van der Waals surface area contributed by atoms with Crippen LogP contribution >= 0.6 is 23.8 Å². The van der Waals surface area contributed by atoms with Crippen molar-refractivity contribution in [1.82, 2.24) is 4.90 Å². The van der Waals surface area contributed by atoms with Crippen LogP contribution in [-0.4, -0.2) is 23.0 Å². The molecule has 1 heterocycles. The summed E-state index contributed by atoms with van der Waals surface area (Å²) in [6.07, 6.45) is 3.91. The summed E-state index contributed by atoms with van der Waals surface area (Å²) < 4.78 is 0. The molecule has 0 atom stereocenters. The first-order valence-corrected chi connectivity index (χ1v) is 7.69. The van der Waals surface area contributed by atoms with Gasteiger partial charge in [0.2, 0.25) is 0 Å². The summed E-state index contributed by atoms with van der Waals surface area (Å²) in [6.45, 7) is 5.55. The zero-order valence-corrected chi connectivity index (χ0v) is 12.9. The summed E-state index contributed by atoms with van der Waals surface area (Å²) in [4.78, 5) is 2.88. The minimum atomic E-state index is 0.400. The molecule has 104 valence electrons. The molecule has 19 heavy (non-hydrogen) atoms. The molecule has 2 rings (SSSR count). The molecule has 0 aromatic heterocycles. The second kappa shape index (κ2) is 6.69. The normalized spacial score (nSPS) is 17.6. The van der Waals surface area contributed by atoms with E-state index in [4.69, 9.17) is 29.6 Å². The van der Waals surface area contributed by atoms with E-state index in [1.54, 1.807) is 0 Å². The van der Waals surface area contributed by atoms with Gasteiger partial charge in [0, 0.05) is 17.1 Å². The van der Waals surface area contributed by atoms with Crippen molar-refractivity contribution in [3.8, 4) is 0 Å². The molecule has 2 nitrogen and oxygen atoms in total. The van der Waals surface area contributed by atoms with Gasteiger partial charge in [-0.2, -0.15) is 0 Å². The lowest BCUT2D eigenvalue weighted by atomic mass is 9.94. The van der Waals surface area contributed by atoms with Crippen LogP contribution in [0.4, 0.5) is 0 Å². The van der Waals surface area contributed by atoms with E-state index in [1.165, 1.54) is 32.4 Å². The molecule has 1 saturated heterocycles. The highest BCUT2D eigenvalue weighted by Gasteiger charge is 2.18. The van der Waals surface area contributed by atoms with Gasteiger partial charge >= 0.3 is 0 Å². The summed E-state index contributed by atoms with van der Waals surface area (Å²) in [5.74, 6) is 0.906. The van der Waals surface area contributed by atoms with Gasteiger partial charge < -0.3 is 5.73 Å². The molecule has 0 saturated carbocycles. The number of benzene rings is 1. The van der Waals surface area contributed by atoms with Gasteiger partial charge in [0.15, 0.2) is 0 Å². The lowest BCUT2D eigenvalue weighted by Gasteiger charge is -2.31. The van der Waals surface area contributed by atoms with Crippen LogP contribution in [0.1, 0.15) is 37.3 Å². The topological polar surface area (TPSA) is 29.3 Å². The number of hydrogen-bond donors (Lipinski definition) is 1. The molecule has 0 spiro atoms. The zero-order chi connectivity index (χ0) is 13.8. The molecule has 1 aromatic carbocycles. The number of nitrogens with two attached hydrogens (primary N) is 1. The highest BCUT2D eigenvalue weighted by atomic mass is 35.5. The summed E-state index contributed by atoms with van der Waals surface area (Å²) in [7, 11) is 0. The van der Waals surface area contributed by atoms with Crippen molar-refractivity contribution >= 4 is 28.8 Å². The van der Waals surface area contributed by atoms with Crippen LogP contribution in [0.5, 0.6) is 0 Å². The van der Waals surface area contributed by atoms with E-state index in [0.29, 0.717) is 4.99 Å². The van der Waals surface area contributed by atoms with Crippen LogP contribution < -0.4 is 5.73 Å². The van der Waals surface area contributed by atoms with Crippen molar-refractivity contribution in [3.05, 3.63) is 34.3 Å². The number of likely N-dealkylation sites (tertiary alicyclic amines) is 1. The SMILES string of the molecule is CCC1CCN(Cc2ccc(C(N)=S)cc2Cl)CC1. The molecule has 4 heteroatoms. The average Bonchev–Trinajstić information content (AvgIpc) is 2.41. The maximum atomic E-state index is 6.31. The first-order chi connectivity index (χ1) is 9.10. The van der Waals surface area contributed by atoms with Gasteiger partial charge in [0.05, 0.1) is 0 Å². The van der Waals surface area contributed by atoms with Crippen LogP contribution in [-0.2, 0) is 6.54 Å². The number of nitrogens with zero attached hydrogens (tertiary/aromatic N) is 1. The Balaban J connectivity index is 1.98. The molecular weight excluding hydrogens is 276 g/mol. The summed E-state index contributed by atoms with van der Waals surface area (Å²) >= 11 is 11.3. The van der Waals surface area contributed by atoms with Crippen molar-refractivity contribution in [1.29, 1.82) is 0 Å². The number of thiocarbonyl (C=S) groups is 1. The molecule has 1 aliphatic heterocycles. The van der Waals surface area contributed by atoms with E-state index in [1.807, 2.05) is 18.2 Å². The molecule has 0 bridgehead atoms. The van der Waals surface area contributed by atoms with Gasteiger partial charge in [-0.1, -0.05) is 49.3 Å². The summed E-state index contributed by atoms with van der Waals surface area (Å²) in [5, 5.41) is 0.767. The summed E-state index contributed by atoms with van der Waals surface area (Å²) in [6, 6.07) is 5.88. The zero-order valence-electron chi connectivity index (χ0n) is 11.4. The van der Waals surface area contributed by atoms with Gasteiger partial charge in [-0.15, -0.1) is 0 Å². The quantitative estimate of drug-likeness (QED) is 0.861. The molecule has 0 aliphatic carbocycles. The van der Waals surface area contributed by atoms with Crippen LogP contribution in [0.25, 0.3) is 0 Å². The molecule has 0 radical (unpaired) electrons. The first kappa shape index (κ1) is 14.8. The second-order valence-corrected chi connectivity index (χ2v) is 6.15. The lowest BCUT2D eigenvalue weighted by molar-refractivity contribution is 0.175. The van der Waals surface area contributed by atoms with Crippen molar-refractivity contribution in [2.24, 2.45) is 11.7 Å². The van der Waals surface area contributed by atoms with Crippen LogP contribution in [0.2, 0.25) is 5.02 Å². The predicted molar refractivity (Wildman–Crippen MR) is 85.6 cm³/mol. The average molecular weight is 297 g/mol. The molecule has 0 amide bonds. The van der Waals surface area contributed by atoms with Gasteiger partial charge in [-0.25, -0.2) is 0 Å². The molecular formula is C15H21ClN2S. The van der Waals surface area contributed by atoms with E-state index < -0.39 is 0 Å². The van der Waals surface area contributed by atoms with Crippen molar-refractivity contribution < 1.29 is 0 Å². The van der Waals surface area contributed by atoms with E-state index >= 15 is 0 Å². The fourth-order valence-corrected chi connectivity index (χ4v) is 2.99. The second-order valence-electron chi connectivity index (χ2n) is 5.30. The lowest BCUT2D eigenvalue weighted by Crippen LogP contribution is -2.33. The Morgan fingerprint density at radius 2 is 2.11 bits per heavy atom. The third-order valence-corrected chi connectivity index (χ3v) is 4.60. The van der Waals surface area contributed by atoms with Crippen LogP contribution in [0, 0.1) is 5.92 Å². The highest BCUT2D eigenvalue weighted by Crippen LogP contribution is 2.24. The largest absolute Gasteiger partial charge is 0.389 e. The van der Waals surface area contributed by atoms with Crippen molar-refractivity contribution in [2.45, 2.75) is 32.7 Å². The smallest absolute Gasteiger partial charge is 0.104 e. The third kappa shape index (κ3) is 3.91. The van der Waals surface area contributed by atoms with Gasteiger partial charge in [0.25, 0.3) is 0 Å². The Labute approximate surface area is 125 Å². The number of hydrogen-bond acceptors (Lipinski definition) is 2. The van der Waals surface area contributed by atoms with Crippen LogP contribution in [0.3, 0.4) is 0 Å². The fraction of sp³-hybridized carbons (Fsp3) is 0.533. The molecule has 1 aliphatic rings. The third-order valence-electron chi connectivity index (χ3n) is 4.02. The minimum absolute atomic E-state index is 0.400. The molecule has 1 aromatic rings. The van der Waals surface area contributed by atoms with Gasteiger partial charge in [-0.3, -0.25) is 4.90 Å². The Bertz CT molecular complexity index is 453. The number of halogens is 1. The highest BCUT2D eigenvalue weighted by molar-refractivity contribution is 7.80. The maximum absolute atomic E-state index is 6.31. The van der Waals surface area contributed by atoms with Crippen molar-refractivity contribution in [2.75, 3.05) is 13.1 Å². The fourth-order valence-electron chi connectivity index (χ4n) is 2.62. The minimum Gasteiger partial charge on any atom is -0.389 e. The van der Waals surface area contributed by atoms with Gasteiger partial charge in [0.1, 0.15) is 4.99 Å². The van der Waals surface area contributed by atoms with E-state index in [2.05, 4.69) is 11.8 Å². The molecule has 1 fully saturated rings. The monoisotopic (exact) mass is 296 g/mol. The molecule has 0 unspecified atom stereocenters. The van der Waals surface area contributed by atoms with Crippen molar-refractivity contribution in [3.63, 3.8) is 0 Å². The van der Waals surface area contributed by atoms with Gasteiger partial charge in [-0.05, 0) is 43.5 Å². The molecule has 2 N–H and O–H groups in total. The first-order valence-electron chi connectivity index (χ1n) is 6.90. The Kier molecular flexibility index (Phi) is 5.20. The Morgan fingerprint density at radius 3 is 2.63 bits per heavy atom. The van der Waals surface area contributed by atoms with E-state index in [-0.39, 0.29) is 0 Å². The van der Waals surface area contributed by atoms with Crippen LogP contribution in [0.15, 0.2) is 18.2 Å². The van der Waals surface area contributed by atoms with E-state index in [9.17, 15) is 0 Å². The maximum Gasteiger partial charge on any atom is 0.104 e. The predicted octanol–water partition coefficient (Wildman–Crippen LogP) is 3.60. The Morgan fingerprint density at radius 1 is 1.42 bits per heavy atom. The number of piperidine rings is 1. The Hall–Kier alpha value is -0.640. The van der Waals surface area contributed by atoms with E-state index in [0.717, 1.165) is 28.6 Å².